The number of aromatic nitrogens is 3. The zero-order chi connectivity index (χ0) is 23.6. The topological polar surface area (TPSA) is 88.0 Å². The third kappa shape index (κ3) is 6.36. The highest BCUT2D eigenvalue weighted by Gasteiger charge is 2.20. The summed E-state index contributed by atoms with van der Waals surface area (Å²) in [5, 5.41) is 4.40. The van der Waals surface area contributed by atoms with E-state index in [9.17, 15) is 0 Å². The molecule has 9 nitrogen and oxygen atoms in total. The summed E-state index contributed by atoms with van der Waals surface area (Å²) >= 11 is 0. The predicted molar refractivity (Wildman–Crippen MR) is 136 cm³/mol. The Hall–Kier alpha value is -3.36. The van der Waals surface area contributed by atoms with Crippen molar-refractivity contribution in [2.45, 2.75) is 45.4 Å². The Morgan fingerprint density at radius 1 is 0.912 bits per heavy atom. The number of hydrogen-bond donors (Lipinski definition) is 1. The van der Waals surface area contributed by atoms with Crippen molar-refractivity contribution >= 4 is 24.1 Å². The average Bonchev–Trinajstić information content (AvgIpc) is 2.89. The van der Waals surface area contributed by atoms with Crippen LogP contribution in [0.1, 0.15) is 51.0 Å². The number of ether oxygens (including phenoxy) is 2. The molecule has 1 aromatic heterocycles. The zero-order valence-electron chi connectivity index (χ0n) is 20.1. The van der Waals surface area contributed by atoms with E-state index in [1.54, 1.807) is 12.3 Å². The number of nitrogens with one attached hydrogen (secondary N) is 1. The highest BCUT2D eigenvalue weighted by Crippen LogP contribution is 2.28. The van der Waals surface area contributed by atoms with Crippen molar-refractivity contribution in [1.82, 2.24) is 15.0 Å². The molecule has 2 fully saturated rings. The van der Waals surface area contributed by atoms with Crippen LogP contribution in [0.4, 0.5) is 17.8 Å². The van der Waals surface area contributed by atoms with E-state index >= 15 is 0 Å². The van der Waals surface area contributed by atoms with Gasteiger partial charge in [0.2, 0.25) is 17.8 Å². The highest BCUT2D eigenvalue weighted by molar-refractivity contribution is 5.81. The molecule has 2 aromatic rings. The summed E-state index contributed by atoms with van der Waals surface area (Å²) in [6, 6.07) is 5.71. The Balaban J connectivity index is 1.51. The quantitative estimate of drug-likeness (QED) is 0.316. The van der Waals surface area contributed by atoms with Gasteiger partial charge in [0.1, 0.15) is 6.61 Å². The molecule has 34 heavy (non-hydrogen) atoms. The fourth-order valence-electron chi connectivity index (χ4n) is 4.18. The van der Waals surface area contributed by atoms with Gasteiger partial charge in [-0.2, -0.15) is 20.1 Å². The molecule has 0 amide bonds. The van der Waals surface area contributed by atoms with Gasteiger partial charge in [-0.25, -0.2) is 5.43 Å². The third-order valence-corrected chi connectivity index (χ3v) is 5.89. The summed E-state index contributed by atoms with van der Waals surface area (Å²) in [5.41, 5.74) is 3.90. The molecule has 0 unspecified atom stereocenters. The summed E-state index contributed by atoms with van der Waals surface area (Å²) in [7, 11) is 0. The largest absolute Gasteiger partial charge is 0.490 e. The molecule has 2 saturated heterocycles. The van der Waals surface area contributed by atoms with E-state index in [4.69, 9.17) is 14.5 Å². The molecule has 3 heterocycles. The van der Waals surface area contributed by atoms with Gasteiger partial charge in [0.15, 0.2) is 11.5 Å². The minimum Gasteiger partial charge on any atom is -0.490 e. The highest BCUT2D eigenvalue weighted by atomic mass is 16.5. The van der Waals surface area contributed by atoms with Gasteiger partial charge < -0.3 is 19.3 Å². The van der Waals surface area contributed by atoms with Crippen LogP contribution in [0, 0.1) is 0 Å². The van der Waals surface area contributed by atoms with Crippen LogP contribution in [0.5, 0.6) is 11.5 Å². The van der Waals surface area contributed by atoms with Gasteiger partial charge in [0.05, 0.1) is 12.8 Å². The Bertz CT molecular complexity index is 933. The lowest BCUT2D eigenvalue weighted by Gasteiger charge is -2.30. The van der Waals surface area contributed by atoms with Crippen molar-refractivity contribution in [3.8, 4) is 11.5 Å². The first-order valence-electron chi connectivity index (χ1n) is 12.3. The van der Waals surface area contributed by atoms with Crippen LogP contribution in [0.3, 0.4) is 0 Å². The summed E-state index contributed by atoms with van der Waals surface area (Å²) < 4.78 is 11.4. The monoisotopic (exact) mass is 465 g/mol. The van der Waals surface area contributed by atoms with Gasteiger partial charge in [-0.1, -0.05) is 12.7 Å². The van der Waals surface area contributed by atoms with Crippen molar-refractivity contribution in [3.05, 3.63) is 36.4 Å². The lowest BCUT2D eigenvalue weighted by Crippen LogP contribution is -2.34. The predicted octanol–water partition coefficient (Wildman–Crippen LogP) is 4.26. The van der Waals surface area contributed by atoms with Crippen LogP contribution < -0.4 is 24.7 Å². The van der Waals surface area contributed by atoms with Gasteiger partial charge >= 0.3 is 0 Å². The van der Waals surface area contributed by atoms with Crippen LogP contribution in [0.2, 0.25) is 0 Å². The lowest BCUT2D eigenvalue weighted by atomic mass is 10.1. The molecule has 4 rings (SSSR count). The maximum atomic E-state index is 5.72. The second kappa shape index (κ2) is 12.2. The molecule has 182 valence electrons. The van der Waals surface area contributed by atoms with Gasteiger partial charge in [-0.15, -0.1) is 0 Å². The molecule has 0 spiro atoms. The smallest absolute Gasteiger partial charge is 0.250 e. The van der Waals surface area contributed by atoms with Crippen molar-refractivity contribution in [2.24, 2.45) is 5.10 Å². The molecule has 0 atom stereocenters. The van der Waals surface area contributed by atoms with Gasteiger partial charge in [0.25, 0.3) is 0 Å². The number of benzene rings is 1. The van der Waals surface area contributed by atoms with E-state index in [1.807, 2.05) is 25.1 Å². The van der Waals surface area contributed by atoms with E-state index in [0.717, 1.165) is 43.6 Å². The lowest BCUT2D eigenvalue weighted by molar-refractivity contribution is 0.297. The first-order chi connectivity index (χ1) is 16.8. The maximum Gasteiger partial charge on any atom is 0.250 e. The Labute approximate surface area is 201 Å². The van der Waals surface area contributed by atoms with Crippen LogP contribution in [-0.4, -0.2) is 60.6 Å². The Morgan fingerprint density at radius 3 is 2.15 bits per heavy atom. The van der Waals surface area contributed by atoms with Gasteiger partial charge in [-0.3, -0.25) is 0 Å². The molecule has 2 aliphatic rings. The van der Waals surface area contributed by atoms with E-state index in [2.05, 4.69) is 36.9 Å². The number of hydrazone groups is 1. The molecule has 0 aliphatic carbocycles. The fourth-order valence-corrected chi connectivity index (χ4v) is 4.18. The van der Waals surface area contributed by atoms with Crippen molar-refractivity contribution < 1.29 is 9.47 Å². The zero-order valence-corrected chi connectivity index (χ0v) is 20.1. The van der Waals surface area contributed by atoms with Crippen LogP contribution in [0.15, 0.2) is 36.0 Å². The summed E-state index contributed by atoms with van der Waals surface area (Å²) in [4.78, 5) is 18.7. The standard InChI is InChI=1S/C25H35N7O2/c1-3-17-34-21-12-11-20(18-22(21)33-4-2)19-26-30-23-27-24(31-13-7-5-8-14-31)29-25(28-23)32-15-9-6-10-16-32/h3,11-12,18-19H,1,4-10,13-17H2,2H3,(H,27,28,29,30)/b26-19-. The maximum absolute atomic E-state index is 5.72. The molecule has 2 aliphatic heterocycles. The van der Waals surface area contributed by atoms with E-state index < -0.39 is 0 Å². The Morgan fingerprint density at radius 2 is 1.56 bits per heavy atom. The van der Waals surface area contributed by atoms with Crippen molar-refractivity contribution in [2.75, 3.05) is 54.6 Å². The normalized spacial score (nSPS) is 16.5. The first-order valence-corrected chi connectivity index (χ1v) is 12.3. The molecular formula is C25H35N7O2. The number of anilines is 3. The molecule has 0 radical (unpaired) electrons. The molecule has 1 aromatic carbocycles. The number of hydrogen-bond acceptors (Lipinski definition) is 9. The molecule has 0 saturated carbocycles. The number of nitrogens with zero attached hydrogens (tertiary/aromatic N) is 6. The summed E-state index contributed by atoms with van der Waals surface area (Å²) in [6.45, 7) is 10.5. The van der Waals surface area contributed by atoms with E-state index in [0.29, 0.717) is 30.7 Å². The minimum atomic E-state index is 0.424. The average molecular weight is 466 g/mol. The van der Waals surface area contributed by atoms with Gasteiger partial charge in [0, 0.05) is 26.2 Å². The molecule has 1 N–H and O–H groups in total. The van der Waals surface area contributed by atoms with E-state index in [1.165, 1.54) is 38.5 Å². The summed E-state index contributed by atoms with van der Waals surface area (Å²) in [5.74, 6) is 3.28. The molecular weight excluding hydrogens is 430 g/mol. The number of piperidine rings is 2. The molecule has 0 bridgehead atoms. The Kier molecular flexibility index (Phi) is 8.54. The molecule has 9 heteroatoms. The third-order valence-electron chi connectivity index (χ3n) is 5.89. The van der Waals surface area contributed by atoms with Crippen LogP contribution >= 0.6 is 0 Å². The van der Waals surface area contributed by atoms with Crippen LogP contribution in [0.25, 0.3) is 0 Å². The minimum absolute atomic E-state index is 0.424. The van der Waals surface area contributed by atoms with Gasteiger partial charge in [-0.05, 0) is 69.2 Å². The van der Waals surface area contributed by atoms with Crippen LogP contribution in [-0.2, 0) is 0 Å². The summed E-state index contributed by atoms with van der Waals surface area (Å²) in [6.07, 6.45) is 10.6. The number of rotatable bonds is 10. The van der Waals surface area contributed by atoms with E-state index in [-0.39, 0.29) is 0 Å². The fraction of sp³-hybridized carbons (Fsp3) is 0.520. The first kappa shape index (κ1) is 23.8. The van der Waals surface area contributed by atoms with Crippen molar-refractivity contribution in [1.29, 1.82) is 0 Å². The second-order valence-corrected chi connectivity index (χ2v) is 8.46. The SMILES string of the molecule is C=CCOc1ccc(/C=N\Nc2nc(N3CCCCC3)nc(N3CCCCC3)n2)cc1OCC. The van der Waals surface area contributed by atoms with Crippen molar-refractivity contribution in [3.63, 3.8) is 0 Å². The second-order valence-electron chi connectivity index (χ2n) is 8.46.